The molecule has 0 saturated carbocycles. The Kier molecular flexibility index (Phi) is 7.40. The van der Waals surface area contributed by atoms with Crippen LogP contribution < -0.4 is 25.8 Å². The second-order valence-electron chi connectivity index (χ2n) is 6.67. The predicted molar refractivity (Wildman–Crippen MR) is 121 cm³/mol. The summed E-state index contributed by atoms with van der Waals surface area (Å²) in [5, 5.41) is 7.77. The molecule has 3 rings (SSSR count). The van der Waals surface area contributed by atoms with Crippen LogP contribution in [-0.2, 0) is 16.0 Å². The number of methoxy groups -OCH3 is 2. The van der Waals surface area contributed by atoms with Gasteiger partial charge in [-0.2, -0.15) is 0 Å². The third-order valence-corrected chi connectivity index (χ3v) is 5.32. The lowest BCUT2D eigenvalue weighted by Crippen LogP contribution is -2.33. The zero-order valence-corrected chi connectivity index (χ0v) is 18.3. The molecule has 0 aliphatic carbocycles. The summed E-state index contributed by atoms with van der Waals surface area (Å²) in [5.74, 6) is -0.0551. The molecule has 0 unspecified atom stereocenters. The first kappa shape index (κ1) is 22.8. The van der Waals surface area contributed by atoms with Gasteiger partial charge in [0, 0.05) is 22.2 Å². The predicted octanol–water partition coefficient (Wildman–Crippen LogP) is 2.22. The number of anilines is 1. The highest BCUT2D eigenvalue weighted by Gasteiger charge is 2.12. The summed E-state index contributed by atoms with van der Waals surface area (Å²) >= 11 is 1.43. The molecule has 2 aromatic carbocycles. The van der Waals surface area contributed by atoms with Crippen LogP contribution in [0.15, 0.2) is 47.8 Å². The van der Waals surface area contributed by atoms with Crippen molar-refractivity contribution in [1.82, 2.24) is 10.3 Å². The lowest BCUT2D eigenvalue weighted by molar-refractivity contribution is -0.117. The Hall–Kier alpha value is -3.92. The first-order chi connectivity index (χ1) is 15.4. The van der Waals surface area contributed by atoms with Crippen LogP contribution in [0.1, 0.15) is 16.1 Å². The molecule has 4 N–H and O–H groups in total. The number of benzene rings is 2. The van der Waals surface area contributed by atoms with Gasteiger partial charge >= 0.3 is 0 Å². The number of nitrogens with one attached hydrogen (secondary N) is 2. The number of amides is 3. The van der Waals surface area contributed by atoms with E-state index in [0.717, 1.165) is 10.6 Å². The molecule has 9 nitrogen and oxygen atoms in total. The Labute approximate surface area is 188 Å². The summed E-state index contributed by atoms with van der Waals surface area (Å²) in [5.41, 5.74) is 7.40. The maximum atomic E-state index is 12.4. The second-order valence-corrected chi connectivity index (χ2v) is 7.52. The van der Waals surface area contributed by atoms with Crippen LogP contribution in [0.2, 0.25) is 0 Å². The molecular weight excluding hydrogens is 432 g/mol. The Morgan fingerprint density at radius 1 is 1.03 bits per heavy atom. The van der Waals surface area contributed by atoms with Crippen molar-refractivity contribution < 1.29 is 23.9 Å². The van der Waals surface area contributed by atoms with Crippen LogP contribution in [0.4, 0.5) is 5.69 Å². The number of hydrogen-bond acceptors (Lipinski definition) is 7. The maximum Gasteiger partial charge on any atom is 0.251 e. The van der Waals surface area contributed by atoms with Gasteiger partial charge < -0.3 is 25.8 Å². The molecule has 0 spiro atoms. The molecular formula is C22H22N4O5S. The highest BCUT2D eigenvalue weighted by molar-refractivity contribution is 7.13. The van der Waals surface area contributed by atoms with Crippen LogP contribution in [0.5, 0.6) is 11.5 Å². The molecule has 166 valence electrons. The first-order valence-electron chi connectivity index (χ1n) is 9.53. The second kappa shape index (κ2) is 10.4. The Bertz CT molecular complexity index is 1130. The van der Waals surface area contributed by atoms with Crippen molar-refractivity contribution in [3.63, 3.8) is 0 Å². The van der Waals surface area contributed by atoms with Gasteiger partial charge in [0.15, 0.2) is 11.5 Å². The van der Waals surface area contributed by atoms with E-state index < -0.39 is 11.8 Å². The normalized spacial score (nSPS) is 10.3. The van der Waals surface area contributed by atoms with E-state index in [0.29, 0.717) is 28.4 Å². The van der Waals surface area contributed by atoms with Gasteiger partial charge in [-0.05, 0) is 42.5 Å². The van der Waals surface area contributed by atoms with Gasteiger partial charge in [-0.3, -0.25) is 14.4 Å². The number of aromatic nitrogens is 1. The highest BCUT2D eigenvalue weighted by Crippen LogP contribution is 2.33. The topological polar surface area (TPSA) is 133 Å². The van der Waals surface area contributed by atoms with Crippen molar-refractivity contribution in [2.24, 2.45) is 5.73 Å². The standard InChI is InChI=1S/C22H22N4O5S/c1-30-17-8-5-14(9-18(17)31-2)22-26-16(12-32-22)10-20(28)25-15-6-3-13(4-7-15)21(29)24-11-19(23)27/h3-9,12H,10-11H2,1-2H3,(H2,23,27)(H,24,29)(H,25,28). The maximum absolute atomic E-state index is 12.4. The molecule has 32 heavy (non-hydrogen) atoms. The number of nitrogens with zero attached hydrogens (tertiary/aromatic N) is 1. The summed E-state index contributed by atoms with van der Waals surface area (Å²) in [7, 11) is 3.14. The number of ether oxygens (including phenoxy) is 2. The van der Waals surface area contributed by atoms with Crippen LogP contribution in [-0.4, -0.2) is 43.5 Å². The summed E-state index contributed by atoms with van der Waals surface area (Å²) in [4.78, 5) is 39.6. The van der Waals surface area contributed by atoms with E-state index in [-0.39, 0.29) is 18.9 Å². The Morgan fingerprint density at radius 2 is 1.75 bits per heavy atom. The van der Waals surface area contributed by atoms with E-state index >= 15 is 0 Å². The van der Waals surface area contributed by atoms with E-state index in [1.165, 1.54) is 11.3 Å². The smallest absolute Gasteiger partial charge is 0.251 e. The fourth-order valence-corrected chi connectivity index (χ4v) is 3.65. The van der Waals surface area contributed by atoms with Crippen molar-refractivity contribution >= 4 is 34.7 Å². The van der Waals surface area contributed by atoms with Gasteiger partial charge in [0.25, 0.3) is 5.91 Å². The molecule has 0 aliphatic heterocycles. The minimum atomic E-state index is -0.626. The molecule has 0 saturated heterocycles. The van der Waals surface area contributed by atoms with Crippen molar-refractivity contribution in [2.45, 2.75) is 6.42 Å². The molecule has 3 amide bonds. The summed E-state index contributed by atoms with van der Waals surface area (Å²) in [6.45, 7) is -0.240. The van der Waals surface area contributed by atoms with E-state index in [4.69, 9.17) is 15.2 Å². The molecule has 0 radical (unpaired) electrons. The fraction of sp³-hybridized carbons (Fsp3) is 0.182. The van der Waals surface area contributed by atoms with E-state index in [1.807, 2.05) is 17.5 Å². The Morgan fingerprint density at radius 3 is 2.41 bits per heavy atom. The number of carbonyl (C=O) groups is 3. The lowest BCUT2D eigenvalue weighted by atomic mass is 10.2. The molecule has 1 aromatic heterocycles. The number of hydrogen-bond donors (Lipinski definition) is 3. The highest BCUT2D eigenvalue weighted by atomic mass is 32.1. The molecule has 0 aliphatic rings. The SMILES string of the molecule is COc1ccc(-c2nc(CC(=O)Nc3ccc(C(=O)NCC(N)=O)cc3)cs2)cc1OC. The zero-order chi connectivity index (χ0) is 23.1. The quantitative estimate of drug-likeness (QED) is 0.454. The van der Waals surface area contributed by atoms with Crippen LogP contribution in [0.25, 0.3) is 10.6 Å². The number of rotatable bonds is 9. The largest absolute Gasteiger partial charge is 0.493 e. The van der Waals surface area contributed by atoms with E-state index in [2.05, 4.69) is 15.6 Å². The van der Waals surface area contributed by atoms with E-state index in [9.17, 15) is 14.4 Å². The Balaban J connectivity index is 1.60. The van der Waals surface area contributed by atoms with Gasteiger partial charge in [-0.1, -0.05) is 0 Å². The van der Waals surface area contributed by atoms with Crippen LogP contribution in [0.3, 0.4) is 0 Å². The minimum Gasteiger partial charge on any atom is -0.493 e. The van der Waals surface area contributed by atoms with Crippen molar-refractivity contribution in [3.8, 4) is 22.1 Å². The third kappa shape index (κ3) is 5.82. The van der Waals surface area contributed by atoms with Crippen molar-refractivity contribution in [1.29, 1.82) is 0 Å². The first-order valence-corrected chi connectivity index (χ1v) is 10.4. The molecule has 10 heteroatoms. The van der Waals surface area contributed by atoms with Crippen LogP contribution in [0, 0.1) is 0 Å². The average molecular weight is 455 g/mol. The fourth-order valence-electron chi connectivity index (χ4n) is 2.83. The van der Waals surface area contributed by atoms with Crippen molar-refractivity contribution in [2.75, 3.05) is 26.1 Å². The molecule has 0 bridgehead atoms. The molecule has 1 heterocycles. The number of nitrogens with two attached hydrogens (primary N) is 1. The number of primary amides is 1. The number of carbonyl (C=O) groups excluding carboxylic acids is 3. The van der Waals surface area contributed by atoms with Gasteiger partial charge in [0.05, 0.1) is 32.9 Å². The van der Waals surface area contributed by atoms with Crippen molar-refractivity contribution in [3.05, 3.63) is 59.1 Å². The van der Waals surface area contributed by atoms with Gasteiger partial charge in [0.1, 0.15) is 5.01 Å². The van der Waals surface area contributed by atoms with E-state index in [1.54, 1.807) is 44.6 Å². The molecule has 3 aromatic rings. The summed E-state index contributed by atoms with van der Waals surface area (Å²) in [6, 6.07) is 11.8. The number of thiazole rings is 1. The summed E-state index contributed by atoms with van der Waals surface area (Å²) < 4.78 is 10.6. The van der Waals surface area contributed by atoms with Crippen LogP contribution >= 0.6 is 11.3 Å². The minimum absolute atomic E-state index is 0.102. The molecule has 0 atom stereocenters. The average Bonchev–Trinajstić information content (AvgIpc) is 3.25. The lowest BCUT2D eigenvalue weighted by Gasteiger charge is -2.08. The van der Waals surface area contributed by atoms with Gasteiger partial charge in [-0.25, -0.2) is 4.98 Å². The summed E-state index contributed by atoms with van der Waals surface area (Å²) in [6.07, 6.45) is 0.102. The third-order valence-electron chi connectivity index (χ3n) is 4.38. The molecule has 0 fully saturated rings. The van der Waals surface area contributed by atoms with Gasteiger partial charge in [0.2, 0.25) is 11.8 Å². The monoisotopic (exact) mass is 454 g/mol. The van der Waals surface area contributed by atoms with Gasteiger partial charge in [-0.15, -0.1) is 11.3 Å². The zero-order valence-electron chi connectivity index (χ0n) is 17.5.